The van der Waals surface area contributed by atoms with Gasteiger partial charge in [0.15, 0.2) is 0 Å². The summed E-state index contributed by atoms with van der Waals surface area (Å²) in [7, 11) is 9.81. The quantitative estimate of drug-likeness (QED) is 0.653. The van der Waals surface area contributed by atoms with Gasteiger partial charge < -0.3 is 0 Å². The van der Waals surface area contributed by atoms with Crippen molar-refractivity contribution in [2.75, 3.05) is 0 Å². The number of hydrogen-bond acceptors (Lipinski definition) is 2. The second-order valence-electron chi connectivity index (χ2n) is 2.10. The summed E-state index contributed by atoms with van der Waals surface area (Å²) in [6.45, 7) is 0. The van der Waals surface area contributed by atoms with Gasteiger partial charge in [0, 0.05) is 24.8 Å². The van der Waals surface area contributed by atoms with E-state index in [1.807, 2.05) is 36.4 Å². The molecular weight excluding hydrogens is 409 g/mol. The van der Waals surface area contributed by atoms with E-state index < -0.39 is 15.4 Å². The number of aromatic nitrogens is 2. The van der Waals surface area contributed by atoms with Crippen molar-refractivity contribution in [1.29, 1.82) is 0 Å². The molecule has 0 unspecified atom stereocenters. The first-order valence-corrected chi connectivity index (χ1v) is 10.3. The largest absolute Gasteiger partial charge is 0.265 e. The monoisotopic (exact) mass is 420 g/mol. The normalized spacial score (nSPS) is 7.87. The maximum Gasteiger partial charge on any atom is 0.0267 e. The molecule has 0 radical (unpaired) electrons. The van der Waals surface area contributed by atoms with Crippen LogP contribution in [0.4, 0.5) is 0 Å². The molecule has 2 rings (SSSR count). The topological polar surface area (TPSA) is 25.8 Å². The number of nitrogens with zero attached hydrogens (tertiary/aromatic N) is 2. The zero-order valence-electron chi connectivity index (χ0n) is 7.78. The molecule has 0 spiro atoms. The van der Waals surface area contributed by atoms with E-state index in [0.717, 1.165) is 0 Å². The van der Waals surface area contributed by atoms with Gasteiger partial charge in [-0.15, -0.1) is 0 Å². The zero-order chi connectivity index (χ0) is 11.2. The standard InChI is InChI=1S/2C5H5N.2ClH.Os/c2*1-2-4-6-5-3-1;;;/h2*1-5H;2*1H;/q;;;;+2/p-2. The minimum Gasteiger partial charge on any atom is -0.265 e. The van der Waals surface area contributed by atoms with Crippen molar-refractivity contribution in [3.05, 3.63) is 61.2 Å². The molecule has 0 saturated heterocycles. The summed E-state index contributed by atoms with van der Waals surface area (Å²) < 4.78 is 0. The summed E-state index contributed by atoms with van der Waals surface area (Å²) in [5, 5.41) is 0. The summed E-state index contributed by atoms with van der Waals surface area (Å²) in [5.74, 6) is 0. The molecule has 0 aliphatic carbocycles. The molecular formula is C10H10Cl2N2Os. The fraction of sp³-hybridized carbons (Fsp3) is 0. The van der Waals surface area contributed by atoms with Gasteiger partial charge in [0.1, 0.15) is 0 Å². The van der Waals surface area contributed by atoms with Crippen molar-refractivity contribution in [3.8, 4) is 0 Å². The van der Waals surface area contributed by atoms with Gasteiger partial charge >= 0.3 is 34.7 Å². The van der Waals surface area contributed by atoms with E-state index in [1.54, 1.807) is 24.8 Å². The Labute approximate surface area is 105 Å². The smallest absolute Gasteiger partial charge is 0.0267 e. The van der Waals surface area contributed by atoms with Crippen LogP contribution < -0.4 is 0 Å². The van der Waals surface area contributed by atoms with Gasteiger partial charge in [-0.1, -0.05) is 12.1 Å². The van der Waals surface area contributed by atoms with Gasteiger partial charge in [-0.3, -0.25) is 9.97 Å². The second kappa shape index (κ2) is 13.5. The van der Waals surface area contributed by atoms with Crippen LogP contribution in [-0.4, -0.2) is 9.97 Å². The van der Waals surface area contributed by atoms with Crippen LogP contribution in [0.2, 0.25) is 0 Å². The molecule has 0 aromatic carbocycles. The fourth-order valence-corrected chi connectivity index (χ4v) is 0.625. The van der Waals surface area contributed by atoms with Crippen LogP contribution in [0.1, 0.15) is 0 Å². The van der Waals surface area contributed by atoms with E-state index in [2.05, 4.69) is 9.97 Å². The first-order valence-electron chi connectivity index (χ1n) is 3.97. The molecule has 2 heterocycles. The number of pyridine rings is 2. The Hall–Kier alpha value is -0.484. The third kappa shape index (κ3) is 13.5. The average Bonchev–Trinajstić information content (AvgIpc) is 2.35. The number of hydrogen-bond donors (Lipinski definition) is 0. The van der Waals surface area contributed by atoms with Crippen LogP contribution in [0, 0.1) is 0 Å². The van der Waals surface area contributed by atoms with E-state index >= 15 is 0 Å². The van der Waals surface area contributed by atoms with Gasteiger partial charge in [0.2, 0.25) is 0 Å². The molecule has 0 aliphatic heterocycles. The molecule has 0 saturated carbocycles. The number of halogens is 2. The first kappa shape index (κ1) is 14.5. The Balaban J connectivity index is 0.000000210. The zero-order valence-corrected chi connectivity index (χ0v) is 11.8. The molecule has 2 aromatic rings. The Morgan fingerprint density at radius 2 is 0.867 bits per heavy atom. The van der Waals surface area contributed by atoms with Crippen molar-refractivity contribution >= 4 is 19.3 Å². The summed E-state index contributed by atoms with van der Waals surface area (Å²) in [5.41, 5.74) is 0. The van der Waals surface area contributed by atoms with Gasteiger partial charge in [-0.2, -0.15) is 0 Å². The van der Waals surface area contributed by atoms with Gasteiger partial charge in [-0.25, -0.2) is 0 Å². The van der Waals surface area contributed by atoms with Crippen LogP contribution in [0.3, 0.4) is 0 Å². The molecule has 15 heavy (non-hydrogen) atoms. The Morgan fingerprint density at radius 3 is 0.933 bits per heavy atom. The molecule has 82 valence electrons. The van der Waals surface area contributed by atoms with Crippen molar-refractivity contribution in [2.45, 2.75) is 0 Å². The second-order valence-corrected chi connectivity index (χ2v) is 5.77. The predicted molar refractivity (Wildman–Crippen MR) is 60.2 cm³/mol. The molecule has 0 fully saturated rings. The van der Waals surface area contributed by atoms with Crippen molar-refractivity contribution in [2.24, 2.45) is 0 Å². The van der Waals surface area contributed by atoms with Crippen LogP contribution in [0.5, 0.6) is 0 Å². The third-order valence-electron chi connectivity index (χ3n) is 1.13. The Bertz CT molecular complexity index is 210. The maximum absolute atomic E-state index is 4.90. The van der Waals surface area contributed by atoms with Gasteiger partial charge in [-0.05, 0) is 24.3 Å². The van der Waals surface area contributed by atoms with E-state index in [0.29, 0.717) is 0 Å². The summed E-state index contributed by atoms with van der Waals surface area (Å²) in [4.78, 5) is 7.57. The van der Waals surface area contributed by atoms with E-state index in [1.165, 1.54) is 0 Å². The van der Waals surface area contributed by atoms with Crippen LogP contribution in [0.25, 0.3) is 0 Å². The minimum absolute atomic E-state index is 0.639. The maximum atomic E-state index is 4.90. The third-order valence-corrected chi connectivity index (χ3v) is 1.13. The summed E-state index contributed by atoms with van der Waals surface area (Å²) in [6, 6.07) is 11.4. The Kier molecular flexibility index (Phi) is 13.1. The number of rotatable bonds is 0. The molecule has 0 amide bonds. The SMILES string of the molecule is [Cl][Os][Cl].c1ccncc1.c1ccncc1. The van der Waals surface area contributed by atoms with Crippen LogP contribution >= 0.6 is 19.3 Å². The van der Waals surface area contributed by atoms with Gasteiger partial charge in [0.05, 0.1) is 0 Å². The Morgan fingerprint density at radius 1 is 0.600 bits per heavy atom. The average molecular weight is 419 g/mol. The first-order chi connectivity index (χ1) is 7.41. The molecule has 2 nitrogen and oxygen atoms in total. The van der Waals surface area contributed by atoms with Crippen molar-refractivity contribution in [1.82, 2.24) is 9.97 Å². The van der Waals surface area contributed by atoms with Crippen LogP contribution in [0.15, 0.2) is 61.2 Å². The molecule has 2 aromatic heterocycles. The summed E-state index contributed by atoms with van der Waals surface area (Å²) in [6.07, 6.45) is 7.00. The van der Waals surface area contributed by atoms with Crippen LogP contribution in [-0.2, 0) is 15.4 Å². The van der Waals surface area contributed by atoms with Crippen molar-refractivity contribution < 1.29 is 15.4 Å². The minimum atomic E-state index is -0.639. The molecule has 0 atom stereocenters. The van der Waals surface area contributed by atoms with E-state index in [-0.39, 0.29) is 0 Å². The predicted octanol–water partition coefficient (Wildman–Crippen LogP) is 3.54. The molecule has 5 heteroatoms. The van der Waals surface area contributed by atoms with Crippen molar-refractivity contribution in [3.63, 3.8) is 0 Å². The van der Waals surface area contributed by atoms with E-state index in [4.69, 9.17) is 19.3 Å². The molecule has 0 bridgehead atoms. The fourth-order valence-electron chi connectivity index (χ4n) is 0.625. The molecule has 0 N–H and O–H groups in total. The van der Waals surface area contributed by atoms with E-state index in [9.17, 15) is 0 Å². The van der Waals surface area contributed by atoms with Gasteiger partial charge in [0.25, 0.3) is 0 Å². The molecule has 0 aliphatic rings. The summed E-state index contributed by atoms with van der Waals surface area (Å²) >= 11 is -0.639.